The van der Waals surface area contributed by atoms with E-state index in [2.05, 4.69) is 26.9 Å². The highest BCUT2D eigenvalue weighted by molar-refractivity contribution is 6.00. The molecule has 0 radical (unpaired) electrons. The fourth-order valence-corrected chi connectivity index (χ4v) is 3.84. The molecule has 27 heavy (non-hydrogen) atoms. The maximum atomic E-state index is 12.6. The molecule has 1 aliphatic carbocycles. The minimum atomic E-state index is -0.542. The van der Waals surface area contributed by atoms with Crippen molar-refractivity contribution in [3.8, 4) is 6.07 Å². The number of aromatic amines is 1. The van der Waals surface area contributed by atoms with E-state index in [9.17, 15) is 10.1 Å². The predicted octanol–water partition coefficient (Wildman–Crippen LogP) is 4.17. The lowest BCUT2D eigenvalue weighted by Gasteiger charge is -2.21. The van der Waals surface area contributed by atoms with Crippen LogP contribution in [0.25, 0.3) is 10.9 Å². The number of aromatic nitrogens is 2. The van der Waals surface area contributed by atoms with Crippen molar-refractivity contribution >= 4 is 22.6 Å². The van der Waals surface area contributed by atoms with Crippen LogP contribution in [0.4, 0.5) is 10.5 Å². The molecule has 1 atom stereocenters. The van der Waals surface area contributed by atoms with Gasteiger partial charge in [-0.1, -0.05) is 24.3 Å². The third kappa shape index (κ3) is 3.02. The predicted molar refractivity (Wildman–Crippen MR) is 104 cm³/mol. The molecule has 6 nitrogen and oxygen atoms in total. The van der Waals surface area contributed by atoms with E-state index in [1.807, 2.05) is 50.2 Å². The normalized spacial score (nSPS) is 16.0. The number of nitrogens with one attached hydrogen (secondary N) is 3. The third-order valence-corrected chi connectivity index (χ3v) is 5.26. The minimum Gasteiger partial charge on any atom is -0.331 e. The van der Waals surface area contributed by atoms with Crippen LogP contribution in [-0.4, -0.2) is 16.2 Å². The molecule has 3 N–H and O–H groups in total. The van der Waals surface area contributed by atoms with Crippen LogP contribution in [0.15, 0.2) is 42.6 Å². The number of benzene rings is 2. The summed E-state index contributed by atoms with van der Waals surface area (Å²) in [4.78, 5) is 12.6. The van der Waals surface area contributed by atoms with E-state index < -0.39 is 5.41 Å². The second-order valence-corrected chi connectivity index (χ2v) is 7.44. The van der Waals surface area contributed by atoms with Gasteiger partial charge in [0.2, 0.25) is 0 Å². The molecular formula is C21H21N5O. The van der Waals surface area contributed by atoms with Gasteiger partial charge in [0.25, 0.3) is 0 Å². The summed E-state index contributed by atoms with van der Waals surface area (Å²) >= 11 is 0. The molecule has 2 amide bonds. The van der Waals surface area contributed by atoms with Gasteiger partial charge in [-0.2, -0.15) is 10.4 Å². The van der Waals surface area contributed by atoms with Gasteiger partial charge in [-0.15, -0.1) is 0 Å². The Balaban J connectivity index is 1.54. The molecular weight excluding hydrogens is 338 g/mol. The quantitative estimate of drug-likeness (QED) is 0.655. The number of rotatable bonds is 3. The maximum absolute atomic E-state index is 12.6. The van der Waals surface area contributed by atoms with Crippen LogP contribution in [0.1, 0.15) is 43.0 Å². The Morgan fingerprint density at radius 2 is 2.11 bits per heavy atom. The highest BCUT2D eigenvalue weighted by Crippen LogP contribution is 2.38. The summed E-state index contributed by atoms with van der Waals surface area (Å²) in [6, 6.07) is 13.8. The zero-order valence-corrected chi connectivity index (χ0v) is 15.3. The first-order chi connectivity index (χ1) is 13.0. The van der Waals surface area contributed by atoms with Crippen LogP contribution in [0, 0.1) is 11.3 Å². The fourth-order valence-electron chi connectivity index (χ4n) is 3.84. The summed E-state index contributed by atoms with van der Waals surface area (Å²) in [5.74, 6) is 0. The van der Waals surface area contributed by atoms with Crippen LogP contribution in [0.3, 0.4) is 0 Å². The number of amides is 2. The van der Waals surface area contributed by atoms with Crippen LogP contribution < -0.4 is 10.6 Å². The molecule has 1 heterocycles. The molecule has 6 heteroatoms. The molecule has 0 saturated carbocycles. The average Bonchev–Trinajstić information content (AvgIpc) is 3.29. The van der Waals surface area contributed by atoms with E-state index in [-0.39, 0.29) is 12.1 Å². The first-order valence-corrected chi connectivity index (χ1v) is 9.03. The summed E-state index contributed by atoms with van der Waals surface area (Å²) in [5.41, 5.74) is 4.40. The number of nitriles is 1. The largest absolute Gasteiger partial charge is 0.331 e. The van der Waals surface area contributed by atoms with Crippen molar-refractivity contribution in [2.45, 2.75) is 38.1 Å². The summed E-state index contributed by atoms with van der Waals surface area (Å²) < 4.78 is 0. The Bertz CT molecular complexity index is 1060. The molecule has 0 bridgehead atoms. The number of anilines is 1. The van der Waals surface area contributed by atoms with Gasteiger partial charge in [-0.05, 0) is 55.5 Å². The van der Waals surface area contributed by atoms with Crippen LogP contribution in [-0.2, 0) is 11.8 Å². The average molecular weight is 359 g/mol. The van der Waals surface area contributed by atoms with Gasteiger partial charge in [0, 0.05) is 5.39 Å². The molecule has 1 unspecified atom stereocenters. The SMILES string of the molecule is CC(C)(C#N)c1cccc2c1CCC2NC(=O)Nc1cccc2[nH]ncc12. The van der Waals surface area contributed by atoms with Crippen molar-refractivity contribution in [3.63, 3.8) is 0 Å². The highest BCUT2D eigenvalue weighted by Gasteiger charge is 2.31. The number of fused-ring (bicyclic) bond motifs is 2. The van der Waals surface area contributed by atoms with Crippen molar-refractivity contribution in [2.24, 2.45) is 0 Å². The zero-order valence-electron chi connectivity index (χ0n) is 15.3. The van der Waals surface area contributed by atoms with Gasteiger partial charge in [0.1, 0.15) is 0 Å². The second kappa shape index (κ2) is 6.44. The number of hydrogen-bond donors (Lipinski definition) is 3. The summed E-state index contributed by atoms with van der Waals surface area (Å²) in [5, 5.41) is 23.3. The smallest absolute Gasteiger partial charge is 0.319 e. The van der Waals surface area contributed by atoms with Gasteiger partial charge < -0.3 is 10.6 Å². The van der Waals surface area contributed by atoms with E-state index in [1.165, 1.54) is 5.56 Å². The number of nitrogens with zero attached hydrogens (tertiary/aromatic N) is 2. The lowest BCUT2D eigenvalue weighted by molar-refractivity contribution is 0.248. The topological polar surface area (TPSA) is 93.6 Å². The highest BCUT2D eigenvalue weighted by atomic mass is 16.2. The number of H-pyrrole nitrogens is 1. The molecule has 3 aromatic rings. The Hall–Kier alpha value is -3.33. The Morgan fingerprint density at radius 3 is 2.93 bits per heavy atom. The minimum absolute atomic E-state index is 0.0574. The fraction of sp³-hybridized carbons (Fsp3) is 0.286. The van der Waals surface area contributed by atoms with Gasteiger partial charge in [0.05, 0.1) is 34.9 Å². The van der Waals surface area contributed by atoms with Gasteiger partial charge in [0.15, 0.2) is 0 Å². The van der Waals surface area contributed by atoms with Crippen LogP contribution >= 0.6 is 0 Å². The Kier molecular flexibility index (Phi) is 4.08. The molecule has 1 aliphatic rings. The van der Waals surface area contributed by atoms with Crippen molar-refractivity contribution in [1.29, 1.82) is 5.26 Å². The van der Waals surface area contributed by atoms with Crippen molar-refractivity contribution < 1.29 is 4.79 Å². The van der Waals surface area contributed by atoms with Gasteiger partial charge >= 0.3 is 6.03 Å². The van der Waals surface area contributed by atoms with Gasteiger partial charge in [-0.3, -0.25) is 5.10 Å². The summed E-state index contributed by atoms with van der Waals surface area (Å²) in [6.45, 7) is 3.86. The lowest BCUT2D eigenvalue weighted by Crippen LogP contribution is -2.31. The van der Waals surface area contributed by atoms with Crippen molar-refractivity contribution in [3.05, 3.63) is 59.3 Å². The summed E-state index contributed by atoms with van der Waals surface area (Å²) in [6.07, 6.45) is 3.39. The molecule has 0 fully saturated rings. The van der Waals surface area contributed by atoms with E-state index >= 15 is 0 Å². The monoisotopic (exact) mass is 359 g/mol. The molecule has 0 saturated heterocycles. The van der Waals surface area contributed by atoms with Crippen molar-refractivity contribution in [1.82, 2.24) is 15.5 Å². The van der Waals surface area contributed by atoms with Crippen LogP contribution in [0.2, 0.25) is 0 Å². The number of carbonyl (C=O) groups excluding carboxylic acids is 1. The Morgan fingerprint density at radius 1 is 1.30 bits per heavy atom. The molecule has 2 aromatic carbocycles. The molecule has 0 spiro atoms. The van der Waals surface area contributed by atoms with Crippen LogP contribution in [0.5, 0.6) is 0 Å². The Labute approximate surface area is 157 Å². The third-order valence-electron chi connectivity index (χ3n) is 5.26. The van der Waals surface area contributed by atoms with Crippen molar-refractivity contribution in [2.75, 3.05) is 5.32 Å². The number of urea groups is 1. The van der Waals surface area contributed by atoms with E-state index in [0.29, 0.717) is 0 Å². The molecule has 0 aliphatic heterocycles. The first-order valence-electron chi connectivity index (χ1n) is 9.03. The zero-order chi connectivity index (χ0) is 19.0. The second-order valence-electron chi connectivity index (χ2n) is 7.44. The molecule has 4 rings (SSSR count). The molecule has 1 aromatic heterocycles. The van der Waals surface area contributed by atoms with E-state index in [1.54, 1.807) is 6.20 Å². The summed E-state index contributed by atoms with van der Waals surface area (Å²) in [7, 11) is 0. The number of carbonyl (C=O) groups is 1. The van der Waals surface area contributed by atoms with E-state index in [4.69, 9.17) is 0 Å². The maximum Gasteiger partial charge on any atom is 0.319 e. The lowest BCUT2D eigenvalue weighted by atomic mass is 9.82. The molecule has 136 valence electrons. The first kappa shape index (κ1) is 17.1. The van der Waals surface area contributed by atoms with E-state index in [0.717, 1.165) is 40.6 Å². The van der Waals surface area contributed by atoms with Gasteiger partial charge in [-0.25, -0.2) is 4.79 Å². The number of hydrogen-bond acceptors (Lipinski definition) is 3. The standard InChI is InChI=1S/C21H21N5O/c1-21(2,12-22)16-6-3-5-14-13(16)9-10-18(14)25-20(27)24-17-7-4-8-19-15(17)11-23-26-19/h3-8,11,18H,9-10H2,1-2H3,(H,23,26)(H2,24,25,27).